The first-order valence-corrected chi connectivity index (χ1v) is 9.90. The molecule has 1 amide bonds. The van der Waals surface area contributed by atoms with Crippen LogP contribution in [-0.2, 0) is 11.3 Å². The lowest BCUT2D eigenvalue weighted by Gasteiger charge is -2.31. The minimum Gasteiger partial charge on any atom is -0.450 e. The van der Waals surface area contributed by atoms with Crippen molar-refractivity contribution in [3.8, 4) is 11.6 Å². The van der Waals surface area contributed by atoms with Gasteiger partial charge in [-0.1, -0.05) is 0 Å². The first-order valence-electron chi connectivity index (χ1n) is 9.90. The van der Waals surface area contributed by atoms with Crippen molar-refractivity contribution >= 4 is 36.0 Å². The first-order chi connectivity index (χ1) is 14.5. The summed E-state index contributed by atoms with van der Waals surface area (Å²) in [4.78, 5) is 22.0. The highest BCUT2D eigenvalue weighted by atomic mass is 127. The van der Waals surface area contributed by atoms with Crippen LogP contribution >= 0.6 is 24.0 Å². The predicted octanol–water partition coefficient (Wildman–Crippen LogP) is 3.66. The van der Waals surface area contributed by atoms with Gasteiger partial charge in [0.2, 0.25) is 5.88 Å². The first kappa shape index (κ1) is 24.6. The number of hydrogen-bond donors (Lipinski definition) is 2. The Balaban J connectivity index is 0.00000341. The molecular formula is C21H27FIN5O3. The summed E-state index contributed by atoms with van der Waals surface area (Å²) in [5.74, 6) is 0.919. The summed E-state index contributed by atoms with van der Waals surface area (Å²) in [6.07, 6.45) is 2.91. The summed E-state index contributed by atoms with van der Waals surface area (Å²) in [6, 6.07) is 9.48. The van der Waals surface area contributed by atoms with E-state index in [0.29, 0.717) is 43.8 Å². The van der Waals surface area contributed by atoms with E-state index in [1.165, 1.54) is 24.3 Å². The van der Waals surface area contributed by atoms with Crippen LogP contribution in [0.25, 0.3) is 0 Å². The molecule has 0 bridgehead atoms. The molecule has 0 saturated carbocycles. The van der Waals surface area contributed by atoms with E-state index in [-0.39, 0.29) is 41.9 Å². The third-order valence-corrected chi connectivity index (χ3v) is 4.64. The molecule has 1 aliphatic heterocycles. The number of aliphatic imine (C=N–C) groups is 1. The number of guanidine groups is 1. The van der Waals surface area contributed by atoms with Gasteiger partial charge in [0, 0.05) is 31.4 Å². The van der Waals surface area contributed by atoms with Crippen molar-refractivity contribution in [3.05, 3.63) is 54.0 Å². The van der Waals surface area contributed by atoms with E-state index >= 15 is 0 Å². The molecule has 0 unspecified atom stereocenters. The minimum absolute atomic E-state index is 0. The van der Waals surface area contributed by atoms with Gasteiger partial charge >= 0.3 is 6.09 Å². The standard InChI is InChI=1S/C21H26FN5O3.HI/c1-2-29-21(28)27-11-8-17(9-12-27)26-20(23)25-14-15-7-10-24-19(13-15)30-18-5-3-16(22)4-6-18;/h3-7,10,13,17H,2,8-9,11-12,14H2,1H3,(H3,23,25,26);1H. The number of nitrogens with zero attached hydrogens (tertiary/aromatic N) is 3. The molecule has 1 saturated heterocycles. The molecule has 0 radical (unpaired) electrons. The van der Waals surface area contributed by atoms with Crippen LogP contribution in [0.15, 0.2) is 47.6 Å². The Hall–Kier alpha value is -2.63. The van der Waals surface area contributed by atoms with E-state index in [4.69, 9.17) is 15.2 Å². The van der Waals surface area contributed by atoms with Gasteiger partial charge in [-0.05, 0) is 55.7 Å². The number of aromatic nitrogens is 1. The van der Waals surface area contributed by atoms with E-state index in [2.05, 4.69) is 15.3 Å². The predicted molar refractivity (Wildman–Crippen MR) is 126 cm³/mol. The van der Waals surface area contributed by atoms with E-state index < -0.39 is 0 Å². The fraction of sp³-hybridized carbons (Fsp3) is 0.381. The number of nitrogens with two attached hydrogens (primary N) is 1. The maximum Gasteiger partial charge on any atom is 0.409 e. The Morgan fingerprint density at radius 2 is 2.00 bits per heavy atom. The van der Waals surface area contributed by atoms with Crippen LogP contribution < -0.4 is 15.8 Å². The van der Waals surface area contributed by atoms with Crippen LogP contribution in [0.5, 0.6) is 11.6 Å². The van der Waals surface area contributed by atoms with Crippen molar-refractivity contribution in [2.24, 2.45) is 10.7 Å². The topological polar surface area (TPSA) is 102 Å². The van der Waals surface area contributed by atoms with Gasteiger partial charge in [-0.2, -0.15) is 0 Å². The summed E-state index contributed by atoms with van der Waals surface area (Å²) < 4.78 is 23.7. The lowest BCUT2D eigenvalue weighted by Crippen LogP contribution is -2.48. The van der Waals surface area contributed by atoms with Crippen molar-refractivity contribution in [1.29, 1.82) is 0 Å². The summed E-state index contributed by atoms with van der Waals surface area (Å²) in [5.41, 5.74) is 6.90. The zero-order valence-corrected chi connectivity index (χ0v) is 19.6. The van der Waals surface area contributed by atoms with Gasteiger partial charge in [0.1, 0.15) is 11.6 Å². The number of halogens is 2. The van der Waals surface area contributed by atoms with Gasteiger partial charge in [-0.15, -0.1) is 24.0 Å². The molecule has 2 heterocycles. The van der Waals surface area contributed by atoms with Crippen molar-refractivity contribution in [2.45, 2.75) is 32.4 Å². The van der Waals surface area contributed by atoms with E-state index in [9.17, 15) is 9.18 Å². The number of benzene rings is 1. The number of amides is 1. The number of rotatable bonds is 6. The molecule has 31 heavy (non-hydrogen) atoms. The quantitative estimate of drug-likeness (QED) is 0.328. The Bertz CT molecular complexity index is 874. The molecule has 1 aromatic carbocycles. The number of carbonyl (C=O) groups is 1. The molecule has 1 aromatic heterocycles. The molecule has 1 aliphatic rings. The Morgan fingerprint density at radius 3 is 2.68 bits per heavy atom. The van der Waals surface area contributed by atoms with E-state index in [0.717, 1.165) is 18.4 Å². The fourth-order valence-electron chi connectivity index (χ4n) is 3.08. The summed E-state index contributed by atoms with van der Waals surface area (Å²) in [6.45, 7) is 3.78. The van der Waals surface area contributed by atoms with Gasteiger partial charge in [-0.3, -0.25) is 0 Å². The highest BCUT2D eigenvalue weighted by molar-refractivity contribution is 14.0. The Labute approximate surface area is 198 Å². The molecule has 3 N–H and O–H groups in total. The third kappa shape index (κ3) is 7.85. The Kier molecular flexibility index (Phi) is 9.76. The van der Waals surface area contributed by atoms with Crippen LogP contribution in [0.4, 0.5) is 9.18 Å². The number of hydrogen-bond acceptors (Lipinski definition) is 5. The molecule has 10 heteroatoms. The maximum atomic E-state index is 13.0. The molecule has 0 atom stereocenters. The van der Waals surface area contributed by atoms with Gasteiger partial charge in [0.05, 0.1) is 13.2 Å². The van der Waals surface area contributed by atoms with Gasteiger partial charge < -0.3 is 25.4 Å². The fourth-order valence-corrected chi connectivity index (χ4v) is 3.08. The van der Waals surface area contributed by atoms with Gasteiger partial charge in [0.15, 0.2) is 5.96 Å². The number of pyridine rings is 1. The molecule has 0 spiro atoms. The zero-order valence-electron chi connectivity index (χ0n) is 17.3. The molecule has 3 rings (SSSR count). The molecule has 168 valence electrons. The highest BCUT2D eigenvalue weighted by Gasteiger charge is 2.23. The lowest BCUT2D eigenvalue weighted by molar-refractivity contribution is 0.0963. The smallest absolute Gasteiger partial charge is 0.409 e. The Morgan fingerprint density at radius 1 is 1.29 bits per heavy atom. The second-order valence-electron chi connectivity index (χ2n) is 6.86. The van der Waals surface area contributed by atoms with Gasteiger partial charge in [-0.25, -0.2) is 19.2 Å². The summed E-state index contributed by atoms with van der Waals surface area (Å²) in [7, 11) is 0. The second-order valence-corrected chi connectivity index (χ2v) is 6.86. The lowest BCUT2D eigenvalue weighted by atomic mass is 10.1. The van der Waals surface area contributed by atoms with Crippen LogP contribution in [0.2, 0.25) is 0 Å². The number of piperidine rings is 1. The number of likely N-dealkylation sites (tertiary alicyclic amines) is 1. The highest BCUT2D eigenvalue weighted by Crippen LogP contribution is 2.20. The second kappa shape index (κ2) is 12.3. The van der Waals surface area contributed by atoms with E-state index in [1.807, 2.05) is 6.07 Å². The van der Waals surface area contributed by atoms with Crippen molar-refractivity contribution in [2.75, 3.05) is 19.7 Å². The number of nitrogens with one attached hydrogen (secondary N) is 1. The number of carbonyl (C=O) groups excluding carboxylic acids is 1. The molecule has 1 fully saturated rings. The molecule has 0 aliphatic carbocycles. The molecular weight excluding hydrogens is 516 g/mol. The molecule has 2 aromatic rings. The normalized spacial score (nSPS) is 14.5. The monoisotopic (exact) mass is 543 g/mol. The minimum atomic E-state index is -0.326. The van der Waals surface area contributed by atoms with Crippen molar-refractivity contribution in [1.82, 2.24) is 15.2 Å². The largest absolute Gasteiger partial charge is 0.450 e. The van der Waals surface area contributed by atoms with Crippen LogP contribution in [0.3, 0.4) is 0 Å². The average Bonchev–Trinajstić information content (AvgIpc) is 2.75. The average molecular weight is 543 g/mol. The maximum absolute atomic E-state index is 13.0. The zero-order chi connectivity index (χ0) is 21.3. The van der Waals surface area contributed by atoms with Crippen molar-refractivity contribution < 1.29 is 18.7 Å². The van der Waals surface area contributed by atoms with Crippen LogP contribution in [0.1, 0.15) is 25.3 Å². The third-order valence-electron chi connectivity index (χ3n) is 4.64. The summed E-state index contributed by atoms with van der Waals surface area (Å²) >= 11 is 0. The molecule has 8 nitrogen and oxygen atoms in total. The van der Waals surface area contributed by atoms with Crippen LogP contribution in [0, 0.1) is 5.82 Å². The van der Waals surface area contributed by atoms with Crippen molar-refractivity contribution in [3.63, 3.8) is 0 Å². The van der Waals surface area contributed by atoms with Gasteiger partial charge in [0.25, 0.3) is 0 Å². The van der Waals surface area contributed by atoms with E-state index in [1.54, 1.807) is 24.1 Å². The van der Waals surface area contributed by atoms with Crippen LogP contribution in [-0.4, -0.2) is 47.7 Å². The summed E-state index contributed by atoms with van der Waals surface area (Å²) in [5, 5.41) is 3.21. The SMILES string of the molecule is CCOC(=O)N1CCC(NC(N)=NCc2ccnc(Oc3ccc(F)cc3)c2)CC1.I. The number of ether oxygens (including phenoxy) is 2.